The summed E-state index contributed by atoms with van der Waals surface area (Å²) in [5.74, 6) is 0. The number of quaternary nitrogens is 1. The molecule has 1 atom stereocenters. The van der Waals surface area contributed by atoms with Crippen LogP contribution in [0.25, 0.3) is 0 Å². The minimum atomic E-state index is 0.0801. The zero-order chi connectivity index (χ0) is 16.8. The van der Waals surface area contributed by atoms with Crippen molar-refractivity contribution in [2.45, 2.75) is 128 Å². The maximum Gasteiger partial charge on any atom is 0.0971 e. The molecule has 1 unspecified atom stereocenters. The Balaban J connectivity index is 1.92. The van der Waals surface area contributed by atoms with Crippen LogP contribution in [0.3, 0.4) is 0 Å². The molecule has 1 rings (SSSR count). The van der Waals surface area contributed by atoms with E-state index in [-0.39, 0.29) is 5.54 Å². The molecular formula is C21H43NO. The molecule has 0 aromatic heterocycles. The smallest absolute Gasteiger partial charge is 0.0971 e. The van der Waals surface area contributed by atoms with Gasteiger partial charge in [-0.25, -0.2) is 0 Å². The van der Waals surface area contributed by atoms with Crippen molar-refractivity contribution in [3.05, 3.63) is 5.21 Å². The molecule has 1 fully saturated rings. The third kappa shape index (κ3) is 9.10. The number of hydrogen-bond donors (Lipinski definition) is 1. The number of unbranched alkanes of at least 4 members (excludes halogenated alkanes) is 11. The van der Waals surface area contributed by atoms with Crippen molar-refractivity contribution in [1.29, 1.82) is 0 Å². The Morgan fingerprint density at radius 3 is 1.57 bits per heavy atom. The van der Waals surface area contributed by atoms with Crippen molar-refractivity contribution in [3.63, 3.8) is 0 Å². The molecule has 23 heavy (non-hydrogen) atoms. The van der Waals surface area contributed by atoms with Gasteiger partial charge in [0.2, 0.25) is 0 Å². The molecular weight excluding hydrogens is 282 g/mol. The van der Waals surface area contributed by atoms with Crippen LogP contribution in [-0.4, -0.2) is 12.6 Å². The van der Waals surface area contributed by atoms with E-state index in [0.717, 1.165) is 0 Å². The first-order valence-corrected chi connectivity index (χ1v) is 10.7. The van der Waals surface area contributed by atoms with E-state index in [0.29, 0.717) is 5.06 Å². The normalized spacial score (nSPS) is 18.9. The van der Waals surface area contributed by atoms with Gasteiger partial charge < -0.3 is 10.3 Å². The van der Waals surface area contributed by atoms with E-state index in [1.54, 1.807) is 0 Å². The Morgan fingerprint density at radius 1 is 0.696 bits per heavy atom. The molecule has 0 amide bonds. The van der Waals surface area contributed by atoms with Gasteiger partial charge in [0.25, 0.3) is 0 Å². The van der Waals surface area contributed by atoms with Crippen molar-refractivity contribution >= 4 is 0 Å². The highest BCUT2D eigenvalue weighted by Gasteiger charge is 2.35. The number of rotatable bonds is 14. The third-order valence-electron chi connectivity index (χ3n) is 6.07. The van der Waals surface area contributed by atoms with Gasteiger partial charge in [-0.1, -0.05) is 84.0 Å². The van der Waals surface area contributed by atoms with E-state index in [1.165, 1.54) is 116 Å². The van der Waals surface area contributed by atoms with Crippen molar-refractivity contribution in [2.75, 3.05) is 7.05 Å². The summed E-state index contributed by atoms with van der Waals surface area (Å²) in [5, 5.41) is 12.5. The van der Waals surface area contributed by atoms with Gasteiger partial charge in [0.1, 0.15) is 0 Å². The van der Waals surface area contributed by atoms with Crippen LogP contribution in [0, 0.1) is 5.21 Å². The maximum atomic E-state index is 12.1. The minimum Gasteiger partial charge on any atom is -0.634 e. The average molecular weight is 326 g/mol. The van der Waals surface area contributed by atoms with Crippen LogP contribution in [-0.2, 0) is 0 Å². The van der Waals surface area contributed by atoms with Gasteiger partial charge in [-0.2, -0.15) is 0 Å². The van der Waals surface area contributed by atoms with Crippen LogP contribution in [0.4, 0.5) is 0 Å². The van der Waals surface area contributed by atoms with Gasteiger partial charge in [-0.15, -0.1) is 0 Å². The average Bonchev–Trinajstić information content (AvgIpc) is 2.56. The van der Waals surface area contributed by atoms with Gasteiger partial charge in [0.15, 0.2) is 0 Å². The number of hydroxylamine groups is 2. The van der Waals surface area contributed by atoms with E-state index >= 15 is 0 Å². The summed E-state index contributed by atoms with van der Waals surface area (Å²) < 4.78 is 0. The summed E-state index contributed by atoms with van der Waals surface area (Å²) in [4.78, 5) is 0. The van der Waals surface area contributed by atoms with Crippen molar-refractivity contribution < 1.29 is 5.06 Å². The highest BCUT2D eigenvalue weighted by Crippen LogP contribution is 2.30. The van der Waals surface area contributed by atoms with Crippen LogP contribution in [0.2, 0.25) is 0 Å². The molecule has 0 heterocycles. The molecule has 1 N–H and O–H groups in total. The highest BCUT2D eigenvalue weighted by atomic mass is 16.5. The second-order valence-electron chi connectivity index (χ2n) is 8.04. The molecule has 0 saturated heterocycles. The summed E-state index contributed by atoms with van der Waals surface area (Å²) in [6, 6.07) is 0. The fraction of sp³-hybridized carbons (Fsp3) is 1.00. The number of nitrogens with one attached hydrogen (secondary N) is 1. The van der Waals surface area contributed by atoms with Crippen molar-refractivity contribution in [3.8, 4) is 0 Å². The number of hydrogen-bond acceptors (Lipinski definition) is 1. The first-order valence-electron chi connectivity index (χ1n) is 10.7. The molecule has 2 nitrogen and oxygen atoms in total. The predicted octanol–water partition coefficient (Wildman–Crippen LogP) is 5.79. The molecule has 2 heteroatoms. The standard InChI is InChI=1S/C21H43NO/c1-3-4-5-6-7-8-9-10-11-12-13-15-18-21(22(2)23)19-16-14-17-20-21/h22H,3-20H2,1-2H3. The Morgan fingerprint density at radius 2 is 1.13 bits per heavy atom. The second kappa shape index (κ2) is 13.2. The van der Waals surface area contributed by atoms with Gasteiger partial charge in [-0.05, 0) is 19.3 Å². The molecule has 0 aromatic carbocycles. The Kier molecular flexibility index (Phi) is 12.1. The Hall–Kier alpha value is -0.0800. The van der Waals surface area contributed by atoms with Crippen molar-refractivity contribution in [2.24, 2.45) is 0 Å². The van der Waals surface area contributed by atoms with E-state index in [2.05, 4.69) is 6.92 Å². The fourth-order valence-electron chi connectivity index (χ4n) is 4.31. The van der Waals surface area contributed by atoms with E-state index in [4.69, 9.17) is 0 Å². The Labute approximate surface area is 146 Å². The molecule has 0 spiro atoms. The summed E-state index contributed by atoms with van der Waals surface area (Å²) >= 11 is 0. The molecule has 0 aliphatic heterocycles. The summed E-state index contributed by atoms with van der Waals surface area (Å²) in [7, 11) is 1.84. The monoisotopic (exact) mass is 325 g/mol. The molecule has 0 bridgehead atoms. The first kappa shape index (κ1) is 21.0. The quantitative estimate of drug-likeness (QED) is 0.317. The summed E-state index contributed by atoms with van der Waals surface area (Å²) in [6.45, 7) is 2.28. The first-order chi connectivity index (χ1) is 11.2. The molecule has 0 aromatic rings. The lowest BCUT2D eigenvalue weighted by molar-refractivity contribution is -0.888. The molecule has 1 saturated carbocycles. The SMILES string of the molecule is CCCCCCCCCCCCCCC1([NH+](C)[O-])CCCCC1. The topological polar surface area (TPSA) is 27.5 Å². The predicted molar refractivity (Wildman–Crippen MR) is 102 cm³/mol. The highest BCUT2D eigenvalue weighted by molar-refractivity contribution is 4.82. The van der Waals surface area contributed by atoms with Crippen LogP contribution < -0.4 is 5.06 Å². The lowest BCUT2D eigenvalue weighted by Crippen LogP contribution is -3.13. The van der Waals surface area contributed by atoms with Gasteiger partial charge >= 0.3 is 0 Å². The maximum absolute atomic E-state index is 12.1. The largest absolute Gasteiger partial charge is 0.634 e. The molecule has 1 aliphatic rings. The zero-order valence-corrected chi connectivity index (χ0v) is 16.1. The second-order valence-corrected chi connectivity index (χ2v) is 8.04. The van der Waals surface area contributed by atoms with Crippen LogP contribution in [0.15, 0.2) is 0 Å². The van der Waals surface area contributed by atoms with E-state index in [9.17, 15) is 5.21 Å². The molecule has 138 valence electrons. The van der Waals surface area contributed by atoms with Crippen LogP contribution in [0.5, 0.6) is 0 Å². The molecule has 1 aliphatic carbocycles. The van der Waals surface area contributed by atoms with E-state index < -0.39 is 0 Å². The van der Waals surface area contributed by atoms with Gasteiger partial charge in [0, 0.05) is 19.3 Å². The van der Waals surface area contributed by atoms with Crippen LogP contribution in [0.1, 0.15) is 122 Å². The van der Waals surface area contributed by atoms with Gasteiger partial charge in [-0.3, -0.25) is 0 Å². The van der Waals surface area contributed by atoms with E-state index in [1.807, 2.05) is 7.05 Å². The van der Waals surface area contributed by atoms with Crippen LogP contribution >= 0.6 is 0 Å². The van der Waals surface area contributed by atoms with Crippen molar-refractivity contribution in [1.82, 2.24) is 0 Å². The zero-order valence-electron chi connectivity index (χ0n) is 16.1. The minimum absolute atomic E-state index is 0.0801. The Bertz CT molecular complexity index is 259. The third-order valence-corrected chi connectivity index (χ3v) is 6.07. The lowest BCUT2D eigenvalue weighted by atomic mass is 9.78. The fourth-order valence-corrected chi connectivity index (χ4v) is 4.31. The summed E-state index contributed by atoms with van der Waals surface area (Å²) in [5.41, 5.74) is 0.0801. The summed E-state index contributed by atoms with van der Waals surface area (Å²) in [6.07, 6.45) is 24.2. The molecule has 0 radical (unpaired) electrons. The lowest BCUT2D eigenvalue weighted by Gasteiger charge is -2.44. The van der Waals surface area contributed by atoms with Gasteiger partial charge in [0.05, 0.1) is 12.6 Å².